The Bertz CT molecular complexity index is 524. The highest BCUT2D eigenvalue weighted by Crippen LogP contribution is 2.29. The van der Waals surface area contributed by atoms with Gasteiger partial charge in [-0.15, -0.1) is 16.4 Å². The van der Waals surface area contributed by atoms with Gasteiger partial charge in [-0.3, -0.25) is 0 Å². The zero-order valence-electron chi connectivity index (χ0n) is 11.9. The molecule has 0 fully saturated rings. The van der Waals surface area contributed by atoms with Gasteiger partial charge in [-0.2, -0.15) is 0 Å². The Hall–Kier alpha value is -0.490. The topological polar surface area (TPSA) is 37.8 Å². The molecule has 2 aromatic rings. The number of aryl methyl sites for hydroxylation is 1. The standard InChI is InChI=1S/C14H20ClN3S2/c1-3-5-11-14(20-18-17-11)12(16-8-4-2)9-10-6-7-13(15)19-10/h6-7,12,16H,3-5,8-9H2,1-2H3. The van der Waals surface area contributed by atoms with Crippen LogP contribution in [0.2, 0.25) is 4.34 Å². The molecule has 0 saturated heterocycles. The lowest BCUT2D eigenvalue weighted by Gasteiger charge is -2.17. The van der Waals surface area contributed by atoms with Gasteiger partial charge in [0, 0.05) is 17.3 Å². The van der Waals surface area contributed by atoms with E-state index in [2.05, 4.69) is 34.8 Å². The Morgan fingerprint density at radius 1 is 1.30 bits per heavy atom. The van der Waals surface area contributed by atoms with E-state index in [-0.39, 0.29) is 0 Å². The number of hydrogen-bond donors (Lipinski definition) is 1. The molecule has 0 saturated carbocycles. The van der Waals surface area contributed by atoms with Gasteiger partial charge in [0.2, 0.25) is 0 Å². The second-order valence-corrected chi connectivity index (χ2v) is 7.34. The molecule has 0 radical (unpaired) electrons. The molecular formula is C14H20ClN3S2. The smallest absolute Gasteiger partial charge is 0.0931 e. The van der Waals surface area contributed by atoms with Gasteiger partial charge in [-0.05, 0) is 43.1 Å². The van der Waals surface area contributed by atoms with Gasteiger partial charge in [0.1, 0.15) is 0 Å². The molecule has 0 aliphatic carbocycles. The molecule has 20 heavy (non-hydrogen) atoms. The van der Waals surface area contributed by atoms with Gasteiger partial charge >= 0.3 is 0 Å². The van der Waals surface area contributed by atoms with Gasteiger partial charge in [0.25, 0.3) is 0 Å². The second-order valence-electron chi connectivity index (χ2n) is 4.75. The summed E-state index contributed by atoms with van der Waals surface area (Å²) < 4.78 is 5.00. The molecular weight excluding hydrogens is 310 g/mol. The normalized spacial score (nSPS) is 12.8. The lowest BCUT2D eigenvalue weighted by molar-refractivity contribution is 0.534. The molecule has 2 heterocycles. The summed E-state index contributed by atoms with van der Waals surface area (Å²) in [5, 5.41) is 7.91. The summed E-state index contributed by atoms with van der Waals surface area (Å²) >= 11 is 9.21. The Kier molecular flexibility index (Phi) is 6.42. The third kappa shape index (κ3) is 4.25. The lowest BCUT2D eigenvalue weighted by Crippen LogP contribution is -2.24. The Morgan fingerprint density at radius 3 is 2.80 bits per heavy atom. The minimum absolute atomic E-state index is 0.297. The molecule has 1 N–H and O–H groups in total. The fourth-order valence-corrected chi connectivity index (χ4v) is 4.03. The zero-order chi connectivity index (χ0) is 14.4. The van der Waals surface area contributed by atoms with E-state index >= 15 is 0 Å². The number of halogens is 1. The molecule has 1 atom stereocenters. The average Bonchev–Trinajstić information content (AvgIpc) is 3.04. The molecule has 0 aliphatic rings. The summed E-state index contributed by atoms with van der Waals surface area (Å²) in [6, 6.07) is 4.38. The summed E-state index contributed by atoms with van der Waals surface area (Å²) in [5.74, 6) is 0. The van der Waals surface area contributed by atoms with Gasteiger partial charge in [0.15, 0.2) is 0 Å². The number of nitrogens with one attached hydrogen (secondary N) is 1. The molecule has 0 bridgehead atoms. The third-order valence-electron chi connectivity index (χ3n) is 3.06. The van der Waals surface area contributed by atoms with E-state index in [1.165, 1.54) is 21.3 Å². The third-order valence-corrected chi connectivity index (χ3v) is 5.20. The van der Waals surface area contributed by atoms with Crippen molar-refractivity contribution in [2.75, 3.05) is 6.54 Å². The highest BCUT2D eigenvalue weighted by molar-refractivity contribution is 7.16. The van der Waals surface area contributed by atoms with Crippen LogP contribution in [0.25, 0.3) is 0 Å². The van der Waals surface area contributed by atoms with Crippen molar-refractivity contribution in [3.05, 3.63) is 31.9 Å². The largest absolute Gasteiger partial charge is 0.309 e. The monoisotopic (exact) mass is 329 g/mol. The summed E-state index contributed by atoms with van der Waals surface area (Å²) in [4.78, 5) is 2.59. The zero-order valence-corrected chi connectivity index (χ0v) is 14.2. The van der Waals surface area contributed by atoms with Crippen LogP contribution in [0.4, 0.5) is 0 Å². The van der Waals surface area contributed by atoms with Crippen molar-refractivity contribution < 1.29 is 0 Å². The Labute approximate surface area is 133 Å². The average molecular weight is 330 g/mol. The van der Waals surface area contributed by atoms with E-state index < -0.39 is 0 Å². The van der Waals surface area contributed by atoms with Crippen molar-refractivity contribution in [3.63, 3.8) is 0 Å². The first-order chi connectivity index (χ1) is 9.74. The summed E-state index contributed by atoms with van der Waals surface area (Å²) in [6.07, 6.45) is 4.18. The number of rotatable bonds is 8. The summed E-state index contributed by atoms with van der Waals surface area (Å²) in [5.41, 5.74) is 1.15. The summed E-state index contributed by atoms with van der Waals surface area (Å²) in [7, 11) is 0. The van der Waals surface area contributed by atoms with E-state index in [1.807, 2.05) is 6.07 Å². The molecule has 0 aliphatic heterocycles. The molecule has 6 heteroatoms. The van der Waals surface area contributed by atoms with E-state index in [1.54, 1.807) is 11.3 Å². The van der Waals surface area contributed by atoms with Crippen molar-refractivity contribution in [1.82, 2.24) is 14.9 Å². The maximum atomic E-state index is 6.03. The van der Waals surface area contributed by atoms with Crippen LogP contribution in [-0.4, -0.2) is 16.1 Å². The molecule has 2 rings (SSSR count). The van der Waals surface area contributed by atoms with Crippen LogP contribution in [0.15, 0.2) is 12.1 Å². The molecule has 1 unspecified atom stereocenters. The van der Waals surface area contributed by atoms with Gasteiger partial charge in [-0.1, -0.05) is 36.4 Å². The van der Waals surface area contributed by atoms with Crippen molar-refractivity contribution in [2.45, 2.75) is 45.6 Å². The van der Waals surface area contributed by atoms with Crippen LogP contribution < -0.4 is 5.32 Å². The predicted molar refractivity (Wildman–Crippen MR) is 88.0 cm³/mol. The van der Waals surface area contributed by atoms with Crippen LogP contribution in [0, 0.1) is 0 Å². The van der Waals surface area contributed by atoms with Crippen LogP contribution in [0.1, 0.15) is 48.2 Å². The molecule has 2 aromatic heterocycles. The molecule has 110 valence electrons. The quantitative estimate of drug-likeness (QED) is 0.775. The highest BCUT2D eigenvalue weighted by atomic mass is 35.5. The Balaban J connectivity index is 2.15. The minimum Gasteiger partial charge on any atom is -0.309 e. The minimum atomic E-state index is 0.297. The van der Waals surface area contributed by atoms with E-state index in [0.717, 1.165) is 42.3 Å². The van der Waals surface area contributed by atoms with Crippen molar-refractivity contribution in [1.29, 1.82) is 0 Å². The fraction of sp³-hybridized carbons (Fsp3) is 0.571. The number of thiophene rings is 1. The van der Waals surface area contributed by atoms with E-state index in [9.17, 15) is 0 Å². The predicted octanol–water partition coefficient (Wildman–Crippen LogP) is 4.49. The maximum Gasteiger partial charge on any atom is 0.0931 e. The lowest BCUT2D eigenvalue weighted by atomic mass is 10.1. The van der Waals surface area contributed by atoms with Crippen molar-refractivity contribution in [2.24, 2.45) is 0 Å². The highest BCUT2D eigenvalue weighted by Gasteiger charge is 2.19. The fourth-order valence-electron chi connectivity index (χ4n) is 2.13. The SMILES string of the molecule is CCCNC(Cc1ccc(Cl)s1)c1snnc1CCC. The van der Waals surface area contributed by atoms with Crippen LogP contribution in [0.5, 0.6) is 0 Å². The van der Waals surface area contributed by atoms with Gasteiger partial charge in [0.05, 0.1) is 14.9 Å². The number of nitrogens with zero attached hydrogens (tertiary/aromatic N) is 2. The summed E-state index contributed by atoms with van der Waals surface area (Å²) in [6.45, 7) is 5.37. The van der Waals surface area contributed by atoms with E-state index in [4.69, 9.17) is 11.6 Å². The van der Waals surface area contributed by atoms with E-state index in [0.29, 0.717) is 6.04 Å². The first-order valence-electron chi connectivity index (χ1n) is 7.03. The molecule has 3 nitrogen and oxygen atoms in total. The molecule has 0 amide bonds. The van der Waals surface area contributed by atoms with Crippen LogP contribution >= 0.6 is 34.5 Å². The first-order valence-corrected chi connectivity index (χ1v) is 9.00. The Morgan fingerprint density at radius 2 is 2.15 bits per heavy atom. The van der Waals surface area contributed by atoms with Crippen molar-refractivity contribution in [3.8, 4) is 0 Å². The van der Waals surface area contributed by atoms with Gasteiger partial charge in [-0.25, -0.2) is 0 Å². The molecule has 0 aromatic carbocycles. The van der Waals surface area contributed by atoms with Crippen LogP contribution in [0.3, 0.4) is 0 Å². The maximum absolute atomic E-state index is 6.03. The number of aromatic nitrogens is 2. The molecule has 0 spiro atoms. The van der Waals surface area contributed by atoms with Gasteiger partial charge < -0.3 is 5.32 Å². The second kappa shape index (κ2) is 8.08. The number of hydrogen-bond acceptors (Lipinski definition) is 5. The van der Waals surface area contributed by atoms with Crippen LogP contribution in [-0.2, 0) is 12.8 Å². The van der Waals surface area contributed by atoms with Crippen molar-refractivity contribution >= 4 is 34.5 Å². The first kappa shape index (κ1) is 15.9.